The van der Waals surface area contributed by atoms with Crippen molar-refractivity contribution < 1.29 is 14.3 Å². The van der Waals surface area contributed by atoms with Gasteiger partial charge in [-0.25, -0.2) is 4.79 Å². The van der Waals surface area contributed by atoms with Crippen LogP contribution in [0.2, 0.25) is 0 Å². The Balaban J connectivity index is 2.13. The fourth-order valence-corrected chi connectivity index (χ4v) is 4.56. The van der Waals surface area contributed by atoms with Crippen LogP contribution in [-0.4, -0.2) is 18.4 Å². The third-order valence-corrected chi connectivity index (χ3v) is 5.88. The van der Waals surface area contributed by atoms with E-state index in [1.807, 2.05) is 6.92 Å². The number of thiophene rings is 1. The minimum absolute atomic E-state index is 0.148. The second-order valence-electron chi connectivity index (χ2n) is 6.14. The monoisotopic (exact) mass is 345 g/mol. The minimum Gasteiger partial charge on any atom is -0.463 e. The molecule has 2 aliphatic rings. The Morgan fingerprint density at radius 1 is 1.33 bits per heavy atom. The van der Waals surface area contributed by atoms with Crippen molar-refractivity contribution in [3.8, 4) is 0 Å². The van der Waals surface area contributed by atoms with Gasteiger partial charge in [-0.05, 0) is 45.2 Å². The molecular formula is C19H23NO3S. The number of allylic oxidation sites excluding steroid dienone is 3. The summed E-state index contributed by atoms with van der Waals surface area (Å²) in [7, 11) is 0. The predicted octanol–water partition coefficient (Wildman–Crippen LogP) is 3.84. The summed E-state index contributed by atoms with van der Waals surface area (Å²) in [4.78, 5) is 27.6. The first kappa shape index (κ1) is 17.0. The molecule has 2 heterocycles. The van der Waals surface area contributed by atoms with E-state index in [-0.39, 0.29) is 17.7 Å². The fraction of sp³-hybridized carbons (Fsp3) is 0.474. The molecule has 1 N–H and O–H groups in total. The van der Waals surface area contributed by atoms with Crippen molar-refractivity contribution in [2.45, 2.75) is 52.4 Å². The highest BCUT2D eigenvalue weighted by atomic mass is 32.1. The Morgan fingerprint density at radius 3 is 2.79 bits per heavy atom. The van der Waals surface area contributed by atoms with E-state index in [1.165, 1.54) is 4.88 Å². The third-order valence-electron chi connectivity index (χ3n) is 4.59. The molecule has 0 spiro atoms. The standard InChI is InChI=1S/C19H23NO3S/c1-4-12-9-10-15(24-12)18-16(19(22)23-5-2)11(3)20-13-7-6-8-14(21)17(13)18/h9-10,18,20H,4-8H2,1-3H3. The predicted molar refractivity (Wildman–Crippen MR) is 94.8 cm³/mol. The molecule has 0 saturated heterocycles. The maximum Gasteiger partial charge on any atom is 0.336 e. The number of ketones is 1. The van der Waals surface area contributed by atoms with Crippen LogP contribution in [0.1, 0.15) is 55.7 Å². The van der Waals surface area contributed by atoms with Gasteiger partial charge in [0, 0.05) is 33.1 Å². The Labute approximate surface area is 146 Å². The molecule has 0 amide bonds. The number of nitrogens with one attached hydrogen (secondary N) is 1. The lowest BCUT2D eigenvalue weighted by Gasteiger charge is -2.33. The van der Waals surface area contributed by atoms with Crippen molar-refractivity contribution in [2.24, 2.45) is 0 Å². The van der Waals surface area contributed by atoms with Crippen molar-refractivity contribution in [3.63, 3.8) is 0 Å². The van der Waals surface area contributed by atoms with Gasteiger partial charge in [0.2, 0.25) is 0 Å². The van der Waals surface area contributed by atoms with E-state index in [4.69, 9.17) is 4.74 Å². The van der Waals surface area contributed by atoms with Crippen LogP contribution in [0.5, 0.6) is 0 Å². The number of dihydropyridines is 1. The lowest BCUT2D eigenvalue weighted by Crippen LogP contribution is -2.34. The van der Waals surface area contributed by atoms with Crippen LogP contribution in [0.25, 0.3) is 0 Å². The van der Waals surface area contributed by atoms with Crippen LogP contribution in [-0.2, 0) is 20.7 Å². The molecule has 1 atom stereocenters. The number of ether oxygens (including phenoxy) is 1. The van der Waals surface area contributed by atoms with Crippen molar-refractivity contribution in [2.75, 3.05) is 6.61 Å². The molecule has 1 aromatic rings. The van der Waals surface area contributed by atoms with Crippen LogP contribution in [0.3, 0.4) is 0 Å². The topological polar surface area (TPSA) is 55.4 Å². The number of hydrogen-bond acceptors (Lipinski definition) is 5. The molecule has 1 aliphatic carbocycles. The highest BCUT2D eigenvalue weighted by Crippen LogP contribution is 2.44. The number of rotatable bonds is 4. The summed E-state index contributed by atoms with van der Waals surface area (Å²) in [6.07, 6.45) is 3.23. The second kappa shape index (κ2) is 6.93. The van der Waals surface area contributed by atoms with Crippen LogP contribution < -0.4 is 5.32 Å². The first-order valence-electron chi connectivity index (χ1n) is 8.56. The summed E-state index contributed by atoms with van der Waals surface area (Å²) in [5, 5.41) is 3.30. The number of carbonyl (C=O) groups is 2. The molecule has 5 heteroatoms. The molecule has 1 unspecified atom stereocenters. The van der Waals surface area contributed by atoms with Gasteiger partial charge >= 0.3 is 5.97 Å². The first-order chi connectivity index (χ1) is 11.6. The van der Waals surface area contributed by atoms with E-state index in [2.05, 4.69) is 24.4 Å². The van der Waals surface area contributed by atoms with Gasteiger partial charge in [0.1, 0.15) is 0 Å². The molecule has 1 aromatic heterocycles. The zero-order valence-electron chi connectivity index (χ0n) is 14.4. The summed E-state index contributed by atoms with van der Waals surface area (Å²) < 4.78 is 5.29. The molecule has 0 fully saturated rings. The summed E-state index contributed by atoms with van der Waals surface area (Å²) in [6.45, 7) is 6.14. The van der Waals surface area contributed by atoms with E-state index in [9.17, 15) is 9.59 Å². The molecule has 3 rings (SSSR count). The quantitative estimate of drug-likeness (QED) is 0.843. The number of Topliss-reactive ketones (excluding diaryl/α,β-unsaturated/α-hetero) is 1. The van der Waals surface area contributed by atoms with E-state index in [0.29, 0.717) is 18.6 Å². The van der Waals surface area contributed by atoms with Gasteiger partial charge in [-0.15, -0.1) is 11.3 Å². The molecule has 1 aliphatic heterocycles. The van der Waals surface area contributed by atoms with Crippen LogP contribution in [0, 0.1) is 0 Å². The fourth-order valence-electron chi connectivity index (χ4n) is 3.49. The van der Waals surface area contributed by atoms with Crippen LogP contribution in [0.15, 0.2) is 34.7 Å². The largest absolute Gasteiger partial charge is 0.463 e. The maximum absolute atomic E-state index is 12.7. The Morgan fingerprint density at radius 2 is 2.12 bits per heavy atom. The van der Waals surface area contributed by atoms with Crippen molar-refractivity contribution >= 4 is 23.1 Å². The highest BCUT2D eigenvalue weighted by molar-refractivity contribution is 7.12. The van der Waals surface area contributed by atoms with E-state index in [0.717, 1.165) is 41.1 Å². The molecule has 128 valence electrons. The first-order valence-corrected chi connectivity index (χ1v) is 9.38. The lowest BCUT2D eigenvalue weighted by molar-refractivity contribution is -0.138. The maximum atomic E-state index is 12.7. The van der Waals surface area contributed by atoms with E-state index >= 15 is 0 Å². The van der Waals surface area contributed by atoms with Crippen LogP contribution in [0.4, 0.5) is 0 Å². The van der Waals surface area contributed by atoms with Crippen molar-refractivity contribution in [3.05, 3.63) is 44.4 Å². The number of hydrogen-bond donors (Lipinski definition) is 1. The smallest absolute Gasteiger partial charge is 0.336 e. The average Bonchev–Trinajstić information content (AvgIpc) is 3.02. The van der Waals surface area contributed by atoms with E-state index < -0.39 is 0 Å². The normalized spacial score (nSPS) is 20.8. The summed E-state index contributed by atoms with van der Waals surface area (Å²) >= 11 is 1.68. The minimum atomic E-state index is -0.330. The molecule has 24 heavy (non-hydrogen) atoms. The van der Waals surface area contributed by atoms with Gasteiger partial charge in [0.25, 0.3) is 0 Å². The molecule has 4 nitrogen and oxygen atoms in total. The Kier molecular flexibility index (Phi) is 4.90. The third kappa shape index (κ3) is 2.93. The lowest BCUT2D eigenvalue weighted by atomic mass is 9.78. The summed E-state index contributed by atoms with van der Waals surface area (Å²) in [5.41, 5.74) is 3.13. The summed E-state index contributed by atoms with van der Waals surface area (Å²) in [6, 6.07) is 4.15. The van der Waals surface area contributed by atoms with Crippen LogP contribution >= 0.6 is 11.3 Å². The molecule has 0 saturated carbocycles. The highest BCUT2D eigenvalue weighted by Gasteiger charge is 2.39. The number of carbonyl (C=O) groups excluding carboxylic acids is 2. The van der Waals surface area contributed by atoms with Crippen molar-refractivity contribution in [1.29, 1.82) is 0 Å². The zero-order valence-corrected chi connectivity index (χ0v) is 15.2. The SMILES string of the molecule is CCOC(=O)C1=C(C)NC2=C(C(=O)CCC2)C1c1ccc(CC)s1. The van der Waals surface area contributed by atoms with Gasteiger partial charge in [0.15, 0.2) is 5.78 Å². The molecular weight excluding hydrogens is 322 g/mol. The molecule has 0 aromatic carbocycles. The summed E-state index contributed by atoms with van der Waals surface area (Å²) in [5.74, 6) is -0.475. The van der Waals surface area contributed by atoms with Gasteiger partial charge < -0.3 is 10.1 Å². The molecule has 0 radical (unpaired) electrons. The number of esters is 1. The van der Waals surface area contributed by atoms with Gasteiger partial charge in [-0.1, -0.05) is 6.92 Å². The van der Waals surface area contributed by atoms with Gasteiger partial charge in [0.05, 0.1) is 18.1 Å². The Bertz CT molecular complexity index is 742. The zero-order chi connectivity index (χ0) is 17.3. The van der Waals surface area contributed by atoms with Crippen molar-refractivity contribution in [1.82, 2.24) is 5.32 Å². The van der Waals surface area contributed by atoms with Gasteiger partial charge in [-0.3, -0.25) is 4.79 Å². The van der Waals surface area contributed by atoms with E-state index in [1.54, 1.807) is 18.3 Å². The average molecular weight is 345 g/mol. The molecule has 0 bridgehead atoms. The second-order valence-corrected chi connectivity index (χ2v) is 7.34. The number of aryl methyl sites for hydroxylation is 1. The Hall–Kier alpha value is -1.88. The van der Waals surface area contributed by atoms with Gasteiger partial charge in [-0.2, -0.15) is 0 Å².